The summed E-state index contributed by atoms with van der Waals surface area (Å²) in [6.07, 6.45) is 0.433. The molecule has 146 valence electrons. The molecule has 1 aromatic carbocycles. The Morgan fingerprint density at radius 2 is 2.11 bits per heavy atom. The molecule has 0 aliphatic carbocycles. The maximum absolute atomic E-state index is 12.8. The summed E-state index contributed by atoms with van der Waals surface area (Å²) in [5.74, 6) is 0.837. The molecule has 0 saturated carbocycles. The molecule has 0 saturated heterocycles. The van der Waals surface area contributed by atoms with Crippen molar-refractivity contribution in [2.24, 2.45) is 0 Å². The van der Waals surface area contributed by atoms with Crippen LogP contribution in [-0.4, -0.2) is 37.2 Å². The van der Waals surface area contributed by atoms with Crippen LogP contribution in [0.5, 0.6) is 11.5 Å². The molecule has 0 fully saturated rings. The van der Waals surface area contributed by atoms with E-state index in [0.717, 1.165) is 11.3 Å². The molecule has 1 aliphatic rings. The SMILES string of the molecule is COc1ccc2c(c1)OC(C)(C)CC2NS(=O)(=O)c1nnc(NC(C)=O)s1. The van der Waals surface area contributed by atoms with Crippen molar-refractivity contribution < 1.29 is 22.7 Å². The minimum atomic E-state index is -3.93. The second kappa shape index (κ2) is 7.06. The van der Waals surface area contributed by atoms with E-state index in [4.69, 9.17) is 9.47 Å². The summed E-state index contributed by atoms with van der Waals surface area (Å²) in [6, 6.07) is 4.76. The van der Waals surface area contributed by atoms with Crippen LogP contribution in [0.15, 0.2) is 22.5 Å². The van der Waals surface area contributed by atoms with Gasteiger partial charge in [0.1, 0.15) is 17.1 Å². The summed E-state index contributed by atoms with van der Waals surface area (Å²) >= 11 is 0.788. The van der Waals surface area contributed by atoms with Crippen molar-refractivity contribution in [3.63, 3.8) is 0 Å². The molecular weight excluding hydrogens is 392 g/mol. The number of carbonyl (C=O) groups is 1. The fourth-order valence-electron chi connectivity index (χ4n) is 2.82. The highest BCUT2D eigenvalue weighted by Crippen LogP contribution is 2.41. The van der Waals surface area contributed by atoms with Crippen molar-refractivity contribution in [3.8, 4) is 11.5 Å². The number of fused-ring (bicyclic) bond motifs is 1. The van der Waals surface area contributed by atoms with Crippen molar-refractivity contribution in [2.45, 2.75) is 43.2 Å². The molecule has 11 heteroatoms. The molecular formula is C16H20N4O5S2. The molecule has 0 radical (unpaired) electrons. The Bertz CT molecular complexity index is 971. The van der Waals surface area contributed by atoms with E-state index in [9.17, 15) is 13.2 Å². The Balaban J connectivity index is 1.90. The lowest BCUT2D eigenvalue weighted by Crippen LogP contribution is -2.41. The topological polar surface area (TPSA) is 120 Å². The van der Waals surface area contributed by atoms with E-state index < -0.39 is 21.7 Å². The zero-order valence-electron chi connectivity index (χ0n) is 15.3. The number of aromatic nitrogens is 2. The first-order valence-electron chi connectivity index (χ1n) is 8.10. The molecule has 0 bridgehead atoms. The predicted octanol–water partition coefficient (Wildman–Crippen LogP) is 2.09. The average Bonchev–Trinajstić information content (AvgIpc) is 3.01. The molecule has 1 unspecified atom stereocenters. The third-order valence-corrected chi connectivity index (χ3v) is 6.57. The number of ether oxygens (including phenoxy) is 2. The van der Waals surface area contributed by atoms with Crippen molar-refractivity contribution >= 4 is 32.4 Å². The molecule has 2 aromatic rings. The van der Waals surface area contributed by atoms with Gasteiger partial charge in [0.25, 0.3) is 10.0 Å². The molecule has 1 amide bonds. The van der Waals surface area contributed by atoms with Crippen LogP contribution in [-0.2, 0) is 14.8 Å². The Morgan fingerprint density at radius 3 is 2.78 bits per heavy atom. The summed E-state index contributed by atoms with van der Waals surface area (Å²) in [4.78, 5) is 11.1. The van der Waals surface area contributed by atoms with Crippen LogP contribution >= 0.6 is 11.3 Å². The minimum Gasteiger partial charge on any atom is -0.497 e. The number of rotatable bonds is 5. The second-order valence-corrected chi connectivity index (χ2v) is 9.56. The van der Waals surface area contributed by atoms with Crippen LogP contribution in [0.1, 0.15) is 38.8 Å². The summed E-state index contributed by atoms with van der Waals surface area (Å²) in [6.45, 7) is 5.08. The molecule has 0 spiro atoms. The zero-order valence-corrected chi connectivity index (χ0v) is 16.9. The van der Waals surface area contributed by atoms with Gasteiger partial charge in [0.2, 0.25) is 15.4 Å². The quantitative estimate of drug-likeness (QED) is 0.722. The van der Waals surface area contributed by atoms with Gasteiger partial charge in [-0.15, -0.1) is 10.2 Å². The van der Waals surface area contributed by atoms with Gasteiger partial charge in [0, 0.05) is 25.0 Å². The van der Waals surface area contributed by atoms with Gasteiger partial charge in [-0.1, -0.05) is 17.4 Å². The number of nitrogens with one attached hydrogen (secondary N) is 2. The van der Waals surface area contributed by atoms with Gasteiger partial charge in [-0.3, -0.25) is 4.79 Å². The van der Waals surface area contributed by atoms with Gasteiger partial charge in [0.15, 0.2) is 0 Å². The Kier molecular flexibility index (Phi) is 5.10. The first kappa shape index (κ1) is 19.5. The van der Waals surface area contributed by atoms with Crippen LogP contribution in [0.3, 0.4) is 0 Å². The first-order chi connectivity index (χ1) is 12.6. The number of sulfonamides is 1. The molecule has 1 aromatic heterocycles. The maximum Gasteiger partial charge on any atom is 0.270 e. The third-order valence-electron chi connectivity index (χ3n) is 3.89. The summed E-state index contributed by atoms with van der Waals surface area (Å²) in [7, 11) is -2.37. The molecule has 9 nitrogen and oxygen atoms in total. The van der Waals surface area contributed by atoms with E-state index in [2.05, 4.69) is 20.2 Å². The highest BCUT2D eigenvalue weighted by Gasteiger charge is 2.37. The smallest absolute Gasteiger partial charge is 0.270 e. The minimum absolute atomic E-state index is 0.125. The van der Waals surface area contributed by atoms with Gasteiger partial charge < -0.3 is 14.8 Å². The van der Waals surface area contributed by atoms with Crippen LogP contribution in [0, 0.1) is 0 Å². The van der Waals surface area contributed by atoms with Crippen LogP contribution in [0.25, 0.3) is 0 Å². The van der Waals surface area contributed by atoms with Crippen LogP contribution < -0.4 is 19.5 Å². The summed E-state index contributed by atoms with van der Waals surface area (Å²) < 4.78 is 39.2. The third kappa shape index (κ3) is 4.37. The van der Waals surface area contributed by atoms with E-state index in [0.29, 0.717) is 23.5 Å². The second-order valence-electron chi connectivity index (χ2n) is 6.70. The number of nitrogens with zero attached hydrogens (tertiary/aromatic N) is 2. The average molecular weight is 412 g/mol. The number of hydrogen-bond donors (Lipinski definition) is 2. The molecule has 1 aliphatic heterocycles. The Labute approximate surface area is 161 Å². The highest BCUT2D eigenvalue weighted by molar-refractivity contribution is 7.91. The molecule has 2 heterocycles. The fourth-order valence-corrected chi connectivity index (χ4v) is 5.00. The van der Waals surface area contributed by atoms with E-state index in [1.165, 1.54) is 6.92 Å². The van der Waals surface area contributed by atoms with Gasteiger partial charge in [-0.25, -0.2) is 13.1 Å². The highest BCUT2D eigenvalue weighted by atomic mass is 32.2. The summed E-state index contributed by atoms with van der Waals surface area (Å²) in [5.41, 5.74) is 0.139. The molecule has 2 N–H and O–H groups in total. The number of carbonyl (C=O) groups excluding carboxylic acids is 1. The lowest BCUT2D eigenvalue weighted by atomic mass is 9.90. The maximum atomic E-state index is 12.8. The van der Waals surface area contributed by atoms with Crippen molar-refractivity contribution in [1.29, 1.82) is 0 Å². The molecule has 27 heavy (non-hydrogen) atoms. The van der Waals surface area contributed by atoms with Crippen molar-refractivity contribution in [2.75, 3.05) is 12.4 Å². The standard InChI is InChI=1S/C16H20N4O5S2/c1-9(21)17-14-18-19-15(26-14)27(22,23)20-12-8-16(2,3)25-13-7-10(24-4)5-6-11(12)13/h5-7,12,20H,8H2,1-4H3,(H,17,18,21). The van der Waals surface area contributed by atoms with E-state index in [1.807, 2.05) is 13.8 Å². The normalized spacial score (nSPS) is 18.3. The van der Waals surface area contributed by atoms with Gasteiger partial charge in [-0.2, -0.15) is 0 Å². The number of hydrogen-bond acceptors (Lipinski definition) is 8. The lowest BCUT2D eigenvalue weighted by Gasteiger charge is -2.37. The molecule has 3 rings (SSSR count). The van der Waals surface area contributed by atoms with Crippen molar-refractivity contribution in [3.05, 3.63) is 23.8 Å². The van der Waals surface area contributed by atoms with E-state index in [-0.39, 0.29) is 15.4 Å². The number of anilines is 1. The van der Waals surface area contributed by atoms with E-state index in [1.54, 1.807) is 25.3 Å². The Hall–Kier alpha value is -2.24. The largest absolute Gasteiger partial charge is 0.497 e. The van der Waals surface area contributed by atoms with E-state index >= 15 is 0 Å². The number of methoxy groups -OCH3 is 1. The van der Waals surface area contributed by atoms with Gasteiger partial charge in [-0.05, 0) is 19.9 Å². The number of benzene rings is 1. The zero-order chi connectivity index (χ0) is 19.8. The van der Waals surface area contributed by atoms with Crippen molar-refractivity contribution in [1.82, 2.24) is 14.9 Å². The first-order valence-corrected chi connectivity index (χ1v) is 10.4. The Morgan fingerprint density at radius 1 is 1.37 bits per heavy atom. The van der Waals surface area contributed by atoms with Gasteiger partial charge in [0.05, 0.1) is 13.2 Å². The van der Waals surface area contributed by atoms with Crippen LogP contribution in [0.4, 0.5) is 5.13 Å². The van der Waals surface area contributed by atoms with Crippen LogP contribution in [0.2, 0.25) is 0 Å². The number of amides is 1. The predicted molar refractivity (Wildman–Crippen MR) is 99.6 cm³/mol. The fraction of sp³-hybridized carbons (Fsp3) is 0.438. The lowest BCUT2D eigenvalue weighted by molar-refractivity contribution is -0.114. The summed E-state index contributed by atoms with van der Waals surface area (Å²) in [5, 5.41) is 9.91. The monoisotopic (exact) mass is 412 g/mol. The molecule has 1 atom stereocenters. The van der Waals surface area contributed by atoms with Gasteiger partial charge >= 0.3 is 0 Å².